The van der Waals surface area contributed by atoms with Crippen LogP contribution in [0.1, 0.15) is 58.8 Å². The molecule has 0 bridgehead atoms. The molecule has 108 valence electrons. The van der Waals surface area contributed by atoms with E-state index in [2.05, 4.69) is 11.8 Å². The third kappa shape index (κ3) is 7.66. The van der Waals surface area contributed by atoms with Gasteiger partial charge in [-0.2, -0.15) is 5.26 Å². The molecule has 0 aromatic carbocycles. The van der Waals surface area contributed by atoms with Crippen LogP contribution in [0.4, 0.5) is 0 Å². The lowest BCUT2D eigenvalue weighted by Gasteiger charge is -2.10. The normalized spacial score (nSPS) is 13.3. The van der Waals surface area contributed by atoms with Gasteiger partial charge < -0.3 is 4.89 Å². The van der Waals surface area contributed by atoms with Gasteiger partial charge in [0.2, 0.25) is 0 Å². The van der Waals surface area contributed by atoms with Crippen molar-refractivity contribution < 1.29 is 23.4 Å². The van der Waals surface area contributed by atoms with Gasteiger partial charge in [0.25, 0.3) is 0 Å². The van der Waals surface area contributed by atoms with E-state index in [0.29, 0.717) is 6.42 Å². The second kappa shape index (κ2) is 9.33. The molecule has 1 atom stereocenters. The van der Waals surface area contributed by atoms with Crippen LogP contribution in [0.3, 0.4) is 0 Å². The van der Waals surface area contributed by atoms with Crippen LogP contribution in [0.15, 0.2) is 0 Å². The quantitative estimate of drug-likeness (QED) is 0.378. The monoisotopic (exact) mass is 280 g/mol. The van der Waals surface area contributed by atoms with Crippen LogP contribution in [0.25, 0.3) is 0 Å². The smallest absolute Gasteiger partial charge is 0.301 e. The van der Waals surface area contributed by atoms with Gasteiger partial charge in [-0.25, -0.2) is 13.2 Å². The maximum absolute atomic E-state index is 11.8. The first-order valence-corrected chi connectivity index (χ1v) is 8.21. The molecule has 0 aromatic heterocycles. The first kappa shape index (κ1) is 17.4. The van der Waals surface area contributed by atoms with Crippen LogP contribution < -0.4 is 0 Å². The van der Waals surface area contributed by atoms with E-state index < -0.39 is 21.1 Å². The van der Waals surface area contributed by atoms with Crippen molar-refractivity contribution in [3.63, 3.8) is 0 Å². The van der Waals surface area contributed by atoms with Gasteiger partial charge in [0.05, 0.1) is 17.4 Å². The Kier molecular flexibility index (Phi) is 9.01. The lowest BCUT2D eigenvalue weighted by molar-refractivity contribution is -0.234. The van der Waals surface area contributed by atoms with Crippen LogP contribution >= 0.6 is 0 Å². The van der Waals surface area contributed by atoms with Gasteiger partial charge >= 0.3 is 5.97 Å². The van der Waals surface area contributed by atoms with Crippen LogP contribution in [0.5, 0.6) is 0 Å². The zero-order valence-corrected chi connectivity index (χ0v) is 12.0. The molecule has 0 amide bonds. The topological polar surface area (TPSA) is 80.7 Å². The second-order valence-electron chi connectivity index (χ2n) is 4.61. The molecule has 6 heteroatoms. The first-order chi connectivity index (χ1) is 8.44. The third-order valence-corrected chi connectivity index (χ3v) is 5.20. The summed E-state index contributed by atoms with van der Waals surface area (Å²) in [5.74, 6) is -0.812. The van der Waals surface area contributed by atoms with Crippen LogP contribution in [-0.2, 0) is 19.5 Å². The molecule has 0 aromatic rings. The Morgan fingerprint density at radius 1 is 1.17 bits per heavy atom. The summed E-state index contributed by atoms with van der Waals surface area (Å²) >= 11 is 0. The third-order valence-electron chi connectivity index (χ3n) is 2.95. The average Bonchev–Trinajstić information content (AvgIpc) is 2.33. The Bertz CT molecular complexity index is 323. The van der Waals surface area contributed by atoms with Crippen molar-refractivity contribution in [2.45, 2.75) is 64.0 Å². The van der Waals surface area contributed by atoms with E-state index in [-0.39, 0.29) is 12.2 Å². The number of sulfone groups is 1. The predicted octanol–water partition coefficient (Wildman–Crippen LogP) is 2.56. The summed E-state index contributed by atoms with van der Waals surface area (Å²) in [5, 5.41) is 7.30. The van der Waals surface area contributed by atoms with Gasteiger partial charge in [0, 0.05) is 0 Å². The molecule has 5 nitrogen and oxygen atoms in total. The molecular weight excluding hydrogens is 256 g/mol. The van der Waals surface area contributed by atoms with Crippen molar-refractivity contribution >= 4 is 15.8 Å². The number of carbonyl (C=O) groups is 1. The zero-order valence-electron chi connectivity index (χ0n) is 11.2. The van der Waals surface area contributed by atoms with Gasteiger partial charge in [0.15, 0.2) is 9.84 Å². The van der Waals surface area contributed by atoms with Crippen molar-refractivity contribution in [2.75, 3.05) is 5.75 Å². The molecule has 0 saturated heterocycles. The van der Waals surface area contributed by atoms with E-state index in [0.717, 1.165) is 19.3 Å². The summed E-state index contributed by atoms with van der Waals surface area (Å²) in [5.41, 5.74) is 0. The summed E-state index contributed by atoms with van der Waals surface area (Å²) in [6.07, 6.45) is 5.78. The molecular formula is C12H24O5S. The maximum Gasteiger partial charge on any atom is 0.343 e. The van der Waals surface area contributed by atoms with Crippen molar-refractivity contribution in [2.24, 2.45) is 0 Å². The Labute approximate surface area is 109 Å². The van der Waals surface area contributed by atoms with Gasteiger partial charge in [-0.3, -0.25) is 0 Å². The first-order valence-electron chi connectivity index (χ1n) is 6.49. The highest BCUT2D eigenvalue weighted by atomic mass is 32.2. The van der Waals surface area contributed by atoms with Gasteiger partial charge in [-0.05, 0) is 13.3 Å². The molecule has 0 aliphatic rings. The molecule has 0 fully saturated rings. The van der Waals surface area contributed by atoms with E-state index in [9.17, 15) is 13.2 Å². The number of hydrogen-bond acceptors (Lipinski definition) is 5. The minimum atomic E-state index is -3.27. The molecule has 18 heavy (non-hydrogen) atoms. The Morgan fingerprint density at radius 2 is 1.72 bits per heavy atom. The highest BCUT2D eigenvalue weighted by molar-refractivity contribution is 7.92. The molecule has 0 aliphatic carbocycles. The van der Waals surface area contributed by atoms with E-state index in [4.69, 9.17) is 5.26 Å². The fourth-order valence-corrected chi connectivity index (χ4v) is 3.08. The van der Waals surface area contributed by atoms with Gasteiger partial charge in [0.1, 0.15) is 0 Å². The summed E-state index contributed by atoms with van der Waals surface area (Å²) in [6, 6.07) is 0. The summed E-state index contributed by atoms with van der Waals surface area (Å²) < 4.78 is 23.6. The minimum Gasteiger partial charge on any atom is -0.301 e. The minimum absolute atomic E-state index is 0.0962. The second-order valence-corrected chi connectivity index (χ2v) is 7.15. The van der Waals surface area contributed by atoms with Crippen molar-refractivity contribution in [3.8, 4) is 0 Å². The zero-order chi connectivity index (χ0) is 14.0. The molecule has 0 rings (SSSR count). The standard InChI is InChI=1S/C12H24O5S/c1-3-4-5-6-7-8-9-18(15,16)11(2)10-12(13)17-14/h11,14H,3-10H2,1-2H3. The summed E-state index contributed by atoms with van der Waals surface area (Å²) in [4.78, 5) is 14.3. The molecule has 0 spiro atoms. The fraction of sp³-hybridized carbons (Fsp3) is 0.917. The lowest BCUT2D eigenvalue weighted by Crippen LogP contribution is -2.24. The maximum atomic E-state index is 11.8. The molecule has 0 saturated carbocycles. The number of hydrogen-bond donors (Lipinski definition) is 1. The summed E-state index contributed by atoms with van der Waals surface area (Å²) in [6.45, 7) is 3.59. The number of unbranched alkanes of at least 4 members (excludes halogenated alkanes) is 5. The molecule has 0 heterocycles. The van der Waals surface area contributed by atoms with E-state index >= 15 is 0 Å². The van der Waals surface area contributed by atoms with Crippen molar-refractivity contribution in [1.29, 1.82) is 0 Å². The van der Waals surface area contributed by atoms with Crippen LogP contribution in [0.2, 0.25) is 0 Å². The molecule has 1 unspecified atom stereocenters. The molecule has 1 N–H and O–H groups in total. The van der Waals surface area contributed by atoms with Crippen molar-refractivity contribution in [1.82, 2.24) is 0 Å². The Balaban J connectivity index is 3.89. The highest BCUT2D eigenvalue weighted by Crippen LogP contribution is 2.12. The van der Waals surface area contributed by atoms with E-state index in [1.165, 1.54) is 19.8 Å². The lowest BCUT2D eigenvalue weighted by atomic mass is 10.1. The molecule has 0 aliphatic heterocycles. The predicted molar refractivity (Wildman–Crippen MR) is 70.0 cm³/mol. The van der Waals surface area contributed by atoms with E-state index in [1.54, 1.807) is 0 Å². The van der Waals surface area contributed by atoms with Gasteiger partial charge in [-0.1, -0.05) is 39.0 Å². The average molecular weight is 280 g/mol. The molecule has 0 radical (unpaired) electrons. The van der Waals surface area contributed by atoms with Gasteiger partial charge in [-0.15, -0.1) is 0 Å². The van der Waals surface area contributed by atoms with Crippen molar-refractivity contribution in [3.05, 3.63) is 0 Å². The van der Waals surface area contributed by atoms with Crippen LogP contribution in [-0.4, -0.2) is 30.6 Å². The number of rotatable bonds is 10. The SMILES string of the molecule is CCCCCCCCS(=O)(=O)C(C)CC(=O)OO. The Hall–Kier alpha value is -0.620. The fourth-order valence-electron chi connectivity index (χ4n) is 1.68. The highest BCUT2D eigenvalue weighted by Gasteiger charge is 2.23. The summed E-state index contributed by atoms with van der Waals surface area (Å²) in [7, 11) is -3.27. The Morgan fingerprint density at radius 3 is 2.28 bits per heavy atom. The van der Waals surface area contributed by atoms with Crippen LogP contribution in [0, 0.1) is 0 Å². The largest absolute Gasteiger partial charge is 0.343 e. The van der Waals surface area contributed by atoms with E-state index in [1.807, 2.05) is 0 Å². The number of carbonyl (C=O) groups excluding carboxylic acids is 1.